The summed E-state index contributed by atoms with van der Waals surface area (Å²) >= 11 is 7.90. The van der Waals surface area contributed by atoms with Crippen LogP contribution in [0.4, 0.5) is 5.69 Å². The number of halogens is 1. The van der Waals surface area contributed by atoms with Gasteiger partial charge in [-0.2, -0.15) is 5.10 Å². The van der Waals surface area contributed by atoms with E-state index in [1.165, 1.54) is 14.4 Å². The van der Waals surface area contributed by atoms with Crippen LogP contribution in [0.25, 0.3) is 0 Å². The molecule has 1 atom stereocenters. The molecule has 0 saturated heterocycles. The average molecular weight is 324 g/mol. The zero-order valence-electron chi connectivity index (χ0n) is 12.1. The Morgan fingerprint density at radius 2 is 2.33 bits per heavy atom. The fourth-order valence-corrected chi connectivity index (χ4v) is 3.25. The van der Waals surface area contributed by atoms with Gasteiger partial charge in [-0.15, -0.1) is 17.9 Å². The lowest BCUT2D eigenvalue weighted by molar-refractivity contribution is 0.651. The minimum atomic E-state index is -0.305. The van der Waals surface area contributed by atoms with Crippen LogP contribution in [0.5, 0.6) is 0 Å². The van der Waals surface area contributed by atoms with Crippen molar-refractivity contribution in [3.8, 4) is 0 Å². The molecule has 4 nitrogen and oxygen atoms in total. The third-order valence-electron chi connectivity index (χ3n) is 2.99. The van der Waals surface area contributed by atoms with E-state index in [4.69, 9.17) is 11.6 Å². The maximum Gasteiger partial charge on any atom is 0.287 e. The lowest BCUT2D eigenvalue weighted by atomic mass is 10.2. The Morgan fingerprint density at radius 3 is 2.95 bits per heavy atom. The van der Waals surface area contributed by atoms with Gasteiger partial charge in [0.1, 0.15) is 5.02 Å². The lowest BCUT2D eigenvalue weighted by Gasteiger charge is -2.15. The van der Waals surface area contributed by atoms with Gasteiger partial charge in [0.05, 0.1) is 18.4 Å². The van der Waals surface area contributed by atoms with Crippen molar-refractivity contribution in [2.24, 2.45) is 0 Å². The fourth-order valence-electron chi connectivity index (χ4n) is 2.03. The van der Waals surface area contributed by atoms with Crippen molar-refractivity contribution >= 4 is 28.6 Å². The van der Waals surface area contributed by atoms with Crippen molar-refractivity contribution in [3.05, 3.63) is 56.1 Å². The summed E-state index contributed by atoms with van der Waals surface area (Å²) in [5.74, 6) is 0. The van der Waals surface area contributed by atoms with Gasteiger partial charge in [-0.1, -0.05) is 17.7 Å². The van der Waals surface area contributed by atoms with Crippen molar-refractivity contribution in [1.29, 1.82) is 0 Å². The Labute approximate surface area is 133 Å². The molecule has 0 saturated carbocycles. The molecular weight excluding hydrogens is 306 g/mol. The highest BCUT2D eigenvalue weighted by molar-refractivity contribution is 7.11. The number of hydrogen-bond donors (Lipinski definition) is 1. The van der Waals surface area contributed by atoms with Crippen molar-refractivity contribution in [2.75, 3.05) is 5.32 Å². The summed E-state index contributed by atoms with van der Waals surface area (Å²) in [6.45, 7) is 8.08. The fraction of sp³-hybridized carbons (Fsp3) is 0.333. The first-order valence-electron chi connectivity index (χ1n) is 6.69. The summed E-state index contributed by atoms with van der Waals surface area (Å²) in [6.07, 6.45) is 4.08. The maximum atomic E-state index is 12.0. The minimum absolute atomic E-state index is 0.164. The van der Waals surface area contributed by atoms with Crippen LogP contribution in [0.15, 0.2) is 35.8 Å². The third kappa shape index (κ3) is 3.95. The van der Waals surface area contributed by atoms with Gasteiger partial charge in [-0.3, -0.25) is 4.79 Å². The molecule has 0 aliphatic rings. The van der Waals surface area contributed by atoms with Gasteiger partial charge in [-0.25, -0.2) is 4.68 Å². The first-order chi connectivity index (χ1) is 10.0. The highest BCUT2D eigenvalue weighted by atomic mass is 35.5. The minimum Gasteiger partial charge on any atom is -0.380 e. The largest absolute Gasteiger partial charge is 0.380 e. The Morgan fingerprint density at radius 1 is 1.57 bits per heavy atom. The molecule has 2 aromatic rings. The van der Waals surface area contributed by atoms with E-state index < -0.39 is 0 Å². The SMILES string of the molecule is C=CCn1ncc(NC(C)Cc2ccc(C)s2)c(Cl)c1=O. The number of thiophene rings is 1. The van der Waals surface area contributed by atoms with Crippen LogP contribution in [-0.4, -0.2) is 15.8 Å². The van der Waals surface area contributed by atoms with Gasteiger partial charge < -0.3 is 5.32 Å². The first kappa shape index (κ1) is 15.8. The normalized spacial score (nSPS) is 12.1. The molecule has 0 spiro atoms. The molecule has 0 aliphatic carbocycles. The zero-order valence-corrected chi connectivity index (χ0v) is 13.7. The molecule has 0 bridgehead atoms. The lowest BCUT2D eigenvalue weighted by Crippen LogP contribution is -2.26. The Hall–Kier alpha value is -1.59. The van der Waals surface area contributed by atoms with Crippen LogP contribution >= 0.6 is 22.9 Å². The van der Waals surface area contributed by atoms with Crippen molar-refractivity contribution < 1.29 is 0 Å². The molecule has 0 radical (unpaired) electrons. The van der Waals surface area contributed by atoms with Gasteiger partial charge >= 0.3 is 0 Å². The second kappa shape index (κ2) is 6.91. The van der Waals surface area contributed by atoms with E-state index in [0.717, 1.165) is 6.42 Å². The number of rotatable bonds is 6. The molecule has 0 aliphatic heterocycles. The standard InChI is InChI=1S/C15H18ClN3OS/c1-4-7-19-15(20)14(16)13(9-17-19)18-10(2)8-12-6-5-11(3)21-12/h4-6,9-10,18H,1,7-8H2,2-3H3. The highest BCUT2D eigenvalue weighted by Crippen LogP contribution is 2.20. The van der Waals surface area contributed by atoms with Crippen LogP contribution < -0.4 is 10.9 Å². The number of hydrogen-bond acceptors (Lipinski definition) is 4. The number of nitrogens with zero attached hydrogens (tertiary/aromatic N) is 2. The predicted molar refractivity (Wildman–Crippen MR) is 89.5 cm³/mol. The molecule has 2 heterocycles. The summed E-state index contributed by atoms with van der Waals surface area (Å²) in [5.41, 5.74) is 0.267. The quantitative estimate of drug-likeness (QED) is 0.828. The molecule has 1 unspecified atom stereocenters. The topological polar surface area (TPSA) is 46.9 Å². The number of nitrogens with one attached hydrogen (secondary N) is 1. The van der Waals surface area contributed by atoms with Crippen molar-refractivity contribution in [3.63, 3.8) is 0 Å². The molecule has 6 heteroatoms. The molecule has 1 N–H and O–H groups in total. The van der Waals surface area contributed by atoms with Gasteiger partial charge in [-0.05, 0) is 26.0 Å². The summed E-state index contributed by atoms with van der Waals surface area (Å²) < 4.78 is 1.29. The van der Waals surface area contributed by atoms with E-state index in [0.29, 0.717) is 12.2 Å². The van der Waals surface area contributed by atoms with Crippen LogP contribution in [0.3, 0.4) is 0 Å². The molecule has 112 valence electrons. The molecule has 21 heavy (non-hydrogen) atoms. The molecular formula is C15H18ClN3OS. The second-order valence-electron chi connectivity index (χ2n) is 4.91. The summed E-state index contributed by atoms with van der Waals surface area (Å²) in [4.78, 5) is 14.6. The van der Waals surface area contributed by atoms with Crippen molar-refractivity contribution in [2.45, 2.75) is 32.9 Å². The van der Waals surface area contributed by atoms with E-state index in [2.05, 4.69) is 43.0 Å². The number of anilines is 1. The molecule has 2 aromatic heterocycles. The average Bonchev–Trinajstić information content (AvgIpc) is 2.84. The number of aryl methyl sites for hydroxylation is 1. The van der Waals surface area contributed by atoms with Crippen molar-refractivity contribution in [1.82, 2.24) is 9.78 Å². The molecule has 0 aromatic carbocycles. The Balaban J connectivity index is 2.10. The molecule has 0 fully saturated rings. The first-order valence-corrected chi connectivity index (χ1v) is 7.89. The number of allylic oxidation sites excluding steroid dienone is 1. The van der Waals surface area contributed by atoms with Gasteiger partial charge in [0.25, 0.3) is 5.56 Å². The van der Waals surface area contributed by atoms with Gasteiger partial charge in [0, 0.05) is 22.2 Å². The smallest absolute Gasteiger partial charge is 0.287 e. The second-order valence-corrected chi connectivity index (χ2v) is 6.66. The monoisotopic (exact) mass is 323 g/mol. The number of aromatic nitrogens is 2. The van der Waals surface area contributed by atoms with Crippen LogP contribution in [0.1, 0.15) is 16.7 Å². The summed E-state index contributed by atoms with van der Waals surface area (Å²) in [6, 6.07) is 4.40. The van der Waals surface area contributed by atoms with Crippen LogP contribution in [0, 0.1) is 6.92 Å². The summed E-state index contributed by atoms with van der Waals surface area (Å²) in [7, 11) is 0. The van der Waals surface area contributed by atoms with E-state index in [9.17, 15) is 4.79 Å². The van der Waals surface area contributed by atoms with E-state index >= 15 is 0 Å². The highest BCUT2D eigenvalue weighted by Gasteiger charge is 2.12. The van der Waals surface area contributed by atoms with E-state index in [1.54, 1.807) is 23.6 Å². The molecule has 0 amide bonds. The third-order valence-corrected chi connectivity index (χ3v) is 4.38. The zero-order chi connectivity index (χ0) is 15.4. The van der Waals surface area contributed by atoms with E-state index in [1.807, 2.05) is 0 Å². The van der Waals surface area contributed by atoms with Gasteiger partial charge in [0.15, 0.2) is 0 Å². The van der Waals surface area contributed by atoms with E-state index in [-0.39, 0.29) is 16.6 Å². The van der Waals surface area contributed by atoms with Crippen LogP contribution in [0.2, 0.25) is 5.02 Å². The molecule has 2 rings (SSSR count). The predicted octanol–water partition coefficient (Wildman–Crippen LogP) is 3.50. The maximum absolute atomic E-state index is 12.0. The summed E-state index contributed by atoms with van der Waals surface area (Å²) in [5, 5.41) is 7.50. The van der Waals surface area contributed by atoms with Gasteiger partial charge in [0.2, 0.25) is 0 Å². The Bertz CT molecular complexity index is 692. The Kier molecular flexibility index (Phi) is 5.20. The van der Waals surface area contributed by atoms with Crippen LogP contribution in [-0.2, 0) is 13.0 Å².